The number of nitrogens with one attached hydrogen (secondary N) is 1. The highest BCUT2D eigenvalue weighted by Gasteiger charge is 2.11. The summed E-state index contributed by atoms with van der Waals surface area (Å²) in [4.78, 5) is 2.49. The Hall–Kier alpha value is 0.215. The minimum Gasteiger partial charge on any atom is -0.437 e. The van der Waals surface area contributed by atoms with E-state index < -0.39 is 14.3 Å². The van der Waals surface area contributed by atoms with Gasteiger partial charge in [0, 0.05) is 13.3 Å². The first-order valence-electron chi connectivity index (χ1n) is 2.42. The summed E-state index contributed by atoms with van der Waals surface area (Å²) in [5.41, 5.74) is 0. The van der Waals surface area contributed by atoms with E-state index in [1.165, 1.54) is 0 Å². The second-order valence-electron chi connectivity index (χ2n) is 2.16. The van der Waals surface area contributed by atoms with E-state index in [1.807, 2.05) is 0 Å². The molecule has 0 heterocycles. The van der Waals surface area contributed by atoms with Crippen molar-refractivity contribution < 1.29 is 9.59 Å². The van der Waals surface area contributed by atoms with Crippen molar-refractivity contribution in [2.75, 3.05) is 13.3 Å². The lowest BCUT2D eigenvalue weighted by molar-refractivity contribution is 0.557. The highest BCUT2D eigenvalue weighted by Crippen LogP contribution is 2.29. The van der Waals surface area contributed by atoms with Crippen LogP contribution in [0.1, 0.15) is 0 Å². The molecule has 0 aliphatic rings. The zero-order chi connectivity index (χ0) is 6.78. The van der Waals surface area contributed by atoms with Crippen LogP contribution in [-0.4, -0.2) is 25.4 Å². The number of hydrogen-bond donors (Lipinski definition) is 2. The Kier molecular flexibility index (Phi) is 2.74. The molecule has 0 radical (unpaired) electrons. The summed E-state index contributed by atoms with van der Waals surface area (Å²) in [7, 11) is -2.89. The van der Waals surface area contributed by atoms with Crippen molar-refractivity contribution in [2.45, 2.75) is 6.82 Å². The fraction of sp³-hybridized carbons (Fsp3) is 1.00. The van der Waals surface area contributed by atoms with Gasteiger partial charge in [0.05, 0.1) is 0 Å². The molecular weight excluding hydrogens is 124 g/mol. The van der Waals surface area contributed by atoms with Gasteiger partial charge in [-0.15, -0.1) is 0 Å². The van der Waals surface area contributed by atoms with Gasteiger partial charge < -0.3 is 9.59 Å². The predicted molar refractivity (Wildman–Crippen MR) is 36.4 cm³/mol. The van der Waals surface area contributed by atoms with Crippen LogP contribution < -0.4 is 5.00 Å². The molecule has 0 bridgehead atoms. The Bertz CT molecular complexity index is 110. The minimum absolute atomic E-state index is 0.671. The summed E-state index contributed by atoms with van der Waals surface area (Å²) >= 11 is 0. The average molecular weight is 135 g/mol. The molecule has 0 aromatic carbocycles. The van der Waals surface area contributed by atoms with Crippen LogP contribution >= 0.6 is 7.29 Å². The molecule has 8 heavy (non-hydrogen) atoms. The quantitative estimate of drug-likeness (QED) is 0.420. The molecule has 0 rings (SSSR count). The molecule has 0 saturated heterocycles. The Balaban J connectivity index is 3.56. The fourth-order valence-corrected chi connectivity index (χ4v) is 1.35. The van der Waals surface area contributed by atoms with E-state index in [0.717, 1.165) is 0 Å². The van der Waals surface area contributed by atoms with Crippen LogP contribution in [-0.2, 0) is 4.57 Å². The molecule has 0 spiro atoms. The van der Waals surface area contributed by atoms with Gasteiger partial charge in [-0.3, -0.25) is 5.00 Å². The third-order valence-corrected chi connectivity index (χ3v) is 1.49. The summed E-state index contributed by atoms with van der Waals surface area (Å²) in [6.45, 7) is 4.68. The summed E-state index contributed by atoms with van der Waals surface area (Å²) in [6.07, 6.45) is 0. The van der Waals surface area contributed by atoms with E-state index in [-0.39, 0.29) is 0 Å². The van der Waals surface area contributed by atoms with Crippen molar-refractivity contribution in [3.05, 3.63) is 0 Å². The van der Waals surface area contributed by atoms with E-state index in [9.17, 15) is 4.57 Å². The van der Waals surface area contributed by atoms with E-state index in [0.29, 0.717) is 0 Å². The van der Waals surface area contributed by atoms with Crippen LogP contribution in [0.4, 0.5) is 0 Å². The molecule has 48 valence electrons. The van der Waals surface area contributed by atoms with E-state index in [1.54, 1.807) is 20.2 Å². The van der Waals surface area contributed by atoms with Crippen LogP contribution in [0.25, 0.3) is 0 Å². The van der Waals surface area contributed by atoms with Gasteiger partial charge >= 0.3 is 7.05 Å². The maximum Gasteiger partial charge on any atom is 0.379 e. The SMILES string of the molecule is CB(O)NP(C)(C)=O. The van der Waals surface area contributed by atoms with Crippen LogP contribution in [0.5, 0.6) is 0 Å². The maximum atomic E-state index is 10.8. The summed E-state index contributed by atoms with van der Waals surface area (Å²) in [6, 6.07) is 0. The third-order valence-electron chi connectivity index (χ3n) is 0.498. The molecule has 3 nitrogen and oxygen atoms in total. The van der Waals surface area contributed by atoms with Gasteiger partial charge in [-0.2, -0.15) is 0 Å². The van der Waals surface area contributed by atoms with E-state index in [2.05, 4.69) is 5.00 Å². The van der Waals surface area contributed by atoms with Crippen LogP contribution in [0, 0.1) is 0 Å². The van der Waals surface area contributed by atoms with Crippen LogP contribution in [0.3, 0.4) is 0 Å². The lowest BCUT2D eigenvalue weighted by Gasteiger charge is -2.07. The third kappa shape index (κ3) is 6.21. The average Bonchev–Trinajstić information content (AvgIpc) is 1.21. The molecule has 0 fully saturated rings. The lowest BCUT2D eigenvalue weighted by Crippen LogP contribution is -2.26. The molecule has 0 aliphatic carbocycles. The molecule has 0 saturated carbocycles. The summed E-state index contributed by atoms with van der Waals surface area (Å²) in [5.74, 6) is 0. The smallest absolute Gasteiger partial charge is 0.379 e. The molecule has 0 aromatic rings. The highest BCUT2D eigenvalue weighted by molar-refractivity contribution is 7.61. The van der Waals surface area contributed by atoms with Crippen molar-refractivity contribution >= 4 is 14.3 Å². The predicted octanol–water partition coefficient (Wildman–Crippen LogP) is 0.224. The molecule has 0 atom stereocenters. The first kappa shape index (κ1) is 8.21. The first-order chi connectivity index (χ1) is 3.42. The zero-order valence-electron chi connectivity index (χ0n) is 5.38. The van der Waals surface area contributed by atoms with E-state index in [4.69, 9.17) is 5.02 Å². The van der Waals surface area contributed by atoms with Gasteiger partial charge in [-0.05, 0) is 6.82 Å². The fourth-order valence-electron chi connectivity index (χ4n) is 0.450. The standard InChI is InChI=1S/C3H11BNO2P/c1-4(6)5-8(2,3)7/h6H,1-3H3,(H,5,7). The van der Waals surface area contributed by atoms with Gasteiger partial charge in [0.25, 0.3) is 0 Å². The van der Waals surface area contributed by atoms with Gasteiger partial charge in [0.15, 0.2) is 0 Å². The van der Waals surface area contributed by atoms with Crippen molar-refractivity contribution in [3.63, 3.8) is 0 Å². The Morgan fingerprint density at radius 1 is 1.62 bits per heavy atom. The largest absolute Gasteiger partial charge is 0.437 e. The van der Waals surface area contributed by atoms with E-state index >= 15 is 0 Å². The highest BCUT2D eigenvalue weighted by atomic mass is 31.2. The van der Waals surface area contributed by atoms with Gasteiger partial charge in [0.2, 0.25) is 0 Å². The minimum atomic E-state index is -2.22. The summed E-state index contributed by atoms with van der Waals surface area (Å²) in [5, 5.41) is 8.60. The molecule has 2 N–H and O–H groups in total. The number of rotatable bonds is 2. The van der Waals surface area contributed by atoms with Crippen molar-refractivity contribution in [1.29, 1.82) is 0 Å². The molecule has 5 heteroatoms. The second kappa shape index (κ2) is 2.67. The first-order valence-corrected chi connectivity index (χ1v) is 5.03. The summed E-state index contributed by atoms with van der Waals surface area (Å²) < 4.78 is 10.8. The second-order valence-corrected chi connectivity index (χ2v) is 5.12. The van der Waals surface area contributed by atoms with Gasteiger partial charge in [-0.1, -0.05) is 0 Å². The van der Waals surface area contributed by atoms with Crippen LogP contribution in [0.2, 0.25) is 6.82 Å². The maximum absolute atomic E-state index is 10.8. The van der Waals surface area contributed by atoms with Gasteiger partial charge in [-0.25, -0.2) is 0 Å². The van der Waals surface area contributed by atoms with Crippen LogP contribution in [0.15, 0.2) is 0 Å². The normalized spacial score (nSPS) is 11.5. The molecule has 0 aromatic heterocycles. The van der Waals surface area contributed by atoms with Crippen molar-refractivity contribution in [3.8, 4) is 0 Å². The molecule has 0 amide bonds. The Morgan fingerprint density at radius 3 is 2.00 bits per heavy atom. The Morgan fingerprint density at radius 2 is 2.00 bits per heavy atom. The molecule has 0 aliphatic heterocycles. The molecule has 0 unspecified atom stereocenters. The Labute approximate surface area is 50.0 Å². The van der Waals surface area contributed by atoms with Crippen molar-refractivity contribution in [1.82, 2.24) is 5.00 Å². The topological polar surface area (TPSA) is 49.3 Å². The molecular formula is C3H11BNO2P. The zero-order valence-corrected chi connectivity index (χ0v) is 6.27. The lowest BCUT2D eigenvalue weighted by atomic mass is 9.92. The van der Waals surface area contributed by atoms with Crippen molar-refractivity contribution in [2.24, 2.45) is 0 Å². The number of hydrogen-bond acceptors (Lipinski definition) is 2. The monoisotopic (exact) mass is 135 g/mol. The van der Waals surface area contributed by atoms with Gasteiger partial charge in [0.1, 0.15) is 7.29 Å².